The summed E-state index contributed by atoms with van der Waals surface area (Å²) in [6, 6.07) is 6.19. The molecule has 1 aromatic carbocycles. The Morgan fingerprint density at radius 3 is 2.38 bits per heavy atom. The Labute approximate surface area is 83.0 Å². The van der Waals surface area contributed by atoms with Crippen LogP contribution in [-0.4, -0.2) is 26.8 Å². The van der Waals surface area contributed by atoms with E-state index >= 15 is 0 Å². The number of nitrogens with zero attached hydrogens (tertiary/aromatic N) is 1. The van der Waals surface area contributed by atoms with E-state index in [0.717, 1.165) is 4.31 Å². The van der Waals surface area contributed by atoms with Crippen LogP contribution in [0.3, 0.4) is 0 Å². The molecule has 72 valence electrons. The van der Waals surface area contributed by atoms with E-state index in [0.29, 0.717) is 5.02 Å². The fraction of sp³-hybridized carbons (Fsp3) is 0.250. The minimum Gasteiger partial charge on any atom is -0.207 e. The molecule has 0 radical (unpaired) electrons. The molecule has 1 aromatic rings. The average Bonchev–Trinajstić information content (AvgIpc) is 2.04. The topological polar surface area (TPSA) is 37.4 Å². The van der Waals surface area contributed by atoms with Gasteiger partial charge in [0.15, 0.2) is 0 Å². The summed E-state index contributed by atoms with van der Waals surface area (Å²) in [4.78, 5) is 0.213. The largest absolute Gasteiger partial charge is 0.242 e. The first-order valence-corrected chi connectivity index (χ1v) is 5.44. The molecule has 0 N–H and O–H groups in total. The van der Waals surface area contributed by atoms with Gasteiger partial charge >= 0.3 is 0 Å². The Morgan fingerprint density at radius 1 is 1.31 bits per heavy atom. The lowest BCUT2D eigenvalue weighted by Crippen LogP contribution is -2.22. The van der Waals surface area contributed by atoms with Crippen molar-refractivity contribution in [1.82, 2.24) is 4.31 Å². The van der Waals surface area contributed by atoms with Gasteiger partial charge in [-0.1, -0.05) is 17.7 Å². The van der Waals surface area contributed by atoms with Gasteiger partial charge < -0.3 is 0 Å². The Bertz CT molecular complexity index is 400. The third-order valence-electron chi connectivity index (χ3n) is 1.57. The number of benzene rings is 1. The van der Waals surface area contributed by atoms with Crippen LogP contribution in [0.1, 0.15) is 0 Å². The lowest BCUT2D eigenvalue weighted by molar-refractivity contribution is 0.521. The Hall–Kier alpha value is -0.580. The van der Waals surface area contributed by atoms with E-state index in [9.17, 15) is 8.42 Å². The van der Waals surface area contributed by atoms with E-state index in [-0.39, 0.29) is 4.90 Å². The number of halogens is 1. The maximum absolute atomic E-state index is 11.6. The molecule has 0 saturated heterocycles. The molecule has 0 spiro atoms. The molecule has 0 atom stereocenters. The molecular weight excluding hydrogens is 210 g/mol. The molecule has 3 nitrogen and oxygen atoms in total. The molecule has 1 rings (SSSR count). The highest BCUT2D eigenvalue weighted by molar-refractivity contribution is 7.89. The van der Waals surface area contributed by atoms with Crippen LogP contribution in [0, 0.1) is 0 Å². The van der Waals surface area contributed by atoms with Crippen molar-refractivity contribution in [3.05, 3.63) is 29.3 Å². The molecular formula is C8H10ClNO2S. The Balaban J connectivity index is 3.24. The second kappa shape index (κ2) is 3.65. The summed E-state index contributed by atoms with van der Waals surface area (Å²) >= 11 is 5.67. The standard InChI is InChI=1S/C8H10ClNO2S/c1-10(2)13(11,12)8-5-3-4-7(9)6-8/h3-6H,1-2H3. The van der Waals surface area contributed by atoms with Crippen molar-refractivity contribution in [2.75, 3.05) is 14.1 Å². The zero-order valence-electron chi connectivity index (χ0n) is 7.36. The first-order valence-electron chi connectivity index (χ1n) is 3.62. The SMILES string of the molecule is CN(C)S(=O)(=O)c1cccc(Cl)c1. The van der Waals surface area contributed by atoms with Crippen molar-refractivity contribution in [3.63, 3.8) is 0 Å². The summed E-state index contributed by atoms with van der Waals surface area (Å²) in [5, 5.41) is 0.419. The number of sulfonamides is 1. The van der Waals surface area contributed by atoms with Crippen LogP contribution in [0.15, 0.2) is 29.2 Å². The minimum atomic E-state index is -3.35. The second-order valence-corrected chi connectivity index (χ2v) is 5.33. The summed E-state index contributed by atoms with van der Waals surface area (Å²) in [6.45, 7) is 0. The van der Waals surface area contributed by atoms with Crippen LogP contribution in [0.4, 0.5) is 0 Å². The van der Waals surface area contributed by atoms with E-state index in [2.05, 4.69) is 0 Å². The highest BCUT2D eigenvalue weighted by Crippen LogP contribution is 2.17. The molecule has 0 aliphatic carbocycles. The molecule has 0 heterocycles. The number of rotatable bonds is 2. The van der Waals surface area contributed by atoms with Gasteiger partial charge in [0.25, 0.3) is 0 Å². The van der Waals surface area contributed by atoms with Gasteiger partial charge in [0.2, 0.25) is 10.0 Å². The third-order valence-corrected chi connectivity index (χ3v) is 3.62. The molecule has 0 amide bonds. The Morgan fingerprint density at radius 2 is 1.92 bits per heavy atom. The minimum absolute atomic E-state index is 0.213. The fourth-order valence-electron chi connectivity index (χ4n) is 0.838. The van der Waals surface area contributed by atoms with Crippen molar-refractivity contribution in [1.29, 1.82) is 0 Å². The van der Waals surface area contributed by atoms with Crippen LogP contribution in [0.25, 0.3) is 0 Å². The third kappa shape index (κ3) is 2.21. The van der Waals surface area contributed by atoms with E-state index in [4.69, 9.17) is 11.6 Å². The van der Waals surface area contributed by atoms with Gasteiger partial charge in [-0.25, -0.2) is 12.7 Å². The fourth-order valence-corrected chi connectivity index (χ4v) is 2.04. The summed E-state index contributed by atoms with van der Waals surface area (Å²) in [5.41, 5.74) is 0. The lowest BCUT2D eigenvalue weighted by Gasteiger charge is -2.10. The van der Waals surface area contributed by atoms with Crippen LogP contribution in [0.5, 0.6) is 0 Å². The predicted octanol–water partition coefficient (Wildman–Crippen LogP) is 1.59. The van der Waals surface area contributed by atoms with Crippen LogP contribution < -0.4 is 0 Å². The maximum atomic E-state index is 11.6. The molecule has 0 bridgehead atoms. The van der Waals surface area contributed by atoms with Gasteiger partial charge in [-0.3, -0.25) is 0 Å². The van der Waals surface area contributed by atoms with E-state index in [1.165, 1.54) is 26.2 Å². The molecule has 0 unspecified atom stereocenters. The van der Waals surface area contributed by atoms with Gasteiger partial charge in [-0.15, -0.1) is 0 Å². The maximum Gasteiger partial charge on any atom is 0.242 e. The van der Waals surface area contributed by atoms with E-state index in [1.54, 1.807) is 12.1 Å². The molecule has 0 fully saturated rings. The van der Waals surface area contributed by atoms with Crippen molar-refractivity contribution in [3.8, 4) is 0 Å². The van der Waals surface area contributed by atoms with Crippen molar-refractivity contribution in [2.45, 2.75) is 4.90 Å². The molecule has 5 heteroatoms. The highest BCUT2D eigenvalue weighted by Gasteiger charge is 2.16. The predicted molar refractivity (Wildman–Crippen MR) is 52.3 cm³/mol. The van der Waals surface area contributed by atoms with E-state index in [1.807, 2.05) is 0 Å². The van der Waals surface area contributed by atoms with Crippen molar-refractivity contribution < 1.29 is 8.42 Å². The smallest absolute Gasteiger partial charge is 0.207 e. The lowest BCUT2D eigenvalue weighted by atomic mass is 10.4. The van der Waals surface area contributed by atoms with E-state index < -0.39 is 10.0 Å². The highest BCUT2D eigenvalue weighted by atomic mass is 35.5. The summed E-state index contributed by atoms with van der Waals surface area (Å²) < 4.78 is 24.3. The van der Waals surface area contributed by atoms with Crippen LogP contribution >= 0.6 is 11.6 Å². The van der Waals surface area contributed by atoms with Crippen LogP contribution in [-0.2, 0) is 10.0 Å². The van der Waals surface area contributed by atoms with Gasteiger partial charge in [0.05, 0.1) is 4.90 Å². The van der Waals surface area contributed by atoms with Gasteiger partial charge in [-0.2, -0.15) is 0 Å². The summed E-state index contributed by atoms with van der Waals surface area (Å²) in [6.07, 6.45) is 0. The summed E-state index contributed by atoms with van der Waals surface area (Å²) in [5.74, 6) is 0. The van der Waals surface area contributed by atoms with Crippen LogP contribution in [0.2, 0.25) is 5.02 Å². The molecule has 0 aliphatic rings. The molecule has 0 aromatic heterocycles. The first-order chi connectivity index (χ1) is 5.94. The van der Waals surface area contributed by atoms with Gasteiger partial charge in [-0.05, 0) is 18.2 Å². The molecule has 0 aliphatic heterocycles. The first kappa shape index (κ1) is 10.5. The molecule has 13 heavy (non-hydrogen) atoms. The zero-order chi connectivity index (χ0) is 10.1. The molecule has 0 saturated carbocycles. The zero-order valence-corrected chi connectivity index (χ0v) is 8.93. The monoisotopic (exact) mass is 219 g/mol. The number of hydrogen-bond acceptors (Lipinski definition) is 2. The van der Waals surface area contributed by atoms with Crippen molar-refractivity contribution in [2.24, 2.45) is 0 Å². The van der Waals surface area contributed by atoms with Gasteiger partial charge in [0, 0.05) is 19.1 Å². The quantitative estimate of drug-likeness (QED) is 0.758. The second-order valence-electron chi connectivity index (χ2n) is 2.74. The Kier molecular flexibility index (Phi) is 2.95. The van der Waals surface area contributed by atoms with Gasteiger partial charge in [0.1, 0.15) is 0 Å². The summed E-state index contributed by atoms with van der Waals surface area (Å²) in [7, 11) is -0.386. The van der Waals surface area contributed by atoms with Crippen molar-refractivity contribution >= 4 is 21.6 Å². The average molecular weight is 220 g/mol. The normalized spacial score (nSPS) is 12.0. The number of hydrogen-bond donors (Lipinski definition) is 0.